The van der Waals surface area contributed by atoms with E-state index in [0.29, 0.717) is 42.5 Å². The van der Waals surface area contributed by atoms with Gasteiger partial charge in [0.05, 0.1) is 13.2 Å². The number of carbonyl (C=O) groups excluding carboxylic acids is 1. The molecule has 1 saturated heterocycles. The van der Waals surface area contributed by atoms with Crippen molar-refractivity contribution in [2.75, 3.05) is 26.7 Å². The Morgan fingerprint density at radius 1 is 1.12 bits per heavy atom. The van der Waals surface area contributed by atoms with Crippen molar-refractivity contribution in [3.63, 3.8) is 0 Å². The summed E-state index contributed by atoms with van der Waals surface area (Å²) >= 11 is 5.93. The zero-order valence-electron chi connectivity index (χ0n) is 19.5. The maximum atomic E-state index is 12.6. The predicted octanol–water partition coefficient (Wildman–Crippen LogP) is 5.06. The van der Waals surface area contributed by atoms with Crippen LogP contribution in [0, 0.1) is 0 Å². The number of piperidine rings is 1. The summed E-state index contributed by atoms with van der Waals surface area (Å²) in [7, 11) is 1.67. The quantitative estimate of drug-likeness (QED) is 0.434. The van der Waals surface area contributed by atoms with Crippen molar-refractivity contribution in [3.8, 4) is 17.1 Å². The molecule has 7 nitrogen and oxygen atoms in total. The zero-order chi connectivity index (χ0) is 23.8. The van der Waals surface area contributed by atoms with Crippen molar-refractivity contribution in [3.05, 3.63) is 65.0 Å². The van der Waals surface area contributed by atoms with Crippen LogP contribution in [0.3, 0.4) is 0 Å². The van der Waals surface area contributed by atoms with E-state index in [1.807, 2.05) is 24.3 Å². The van der Waals surface area contributed by atoms with Crippen LogP contribution in [0.2, 0.25) is 5.02 Å². The summed E-state index contributed by atoms with van der Waals surface area (Å²) in [6, 6.07) is 15.6. The van der Waals surface area contributed by atoms with Gasteiger partial charge in [0.2, 0.25) is 17.6 Å². The normalized spacial score (nSPS) is 15.1. The van der Waals surface area contributed by atoms with Gasteiger partial charge in [0.25, 0.3) is 0 Å². The lowest BCUT2D eigenvalue weighted by atomic mass is 10.0. The number of carbonyl (C=O) groups is 1. The summed E-state index contributed by atoms with van der Waals surface area (Å²) in [4.78, 5) is 19.5. The van der Waals surface area contributed by atoms with Crippen LogP contribution in [0.1, 0.15) is 49.6 Å². The Labute approximate surface area is 205 Å². The second kappa shape index (κ2) is 12.0. The van der Waals surface area contributed by atoms with Gasteiger partial charge in [-0.1, -0.05) is 35.3 Å². The third-order valence-corrected chi connectivity index (χ3v) is 6.44. The molecule has 1 aromatic heterocycles. The van der Waals surface area contributed by atoms with Gasteiger partial charge in [0, 0.05) is 30.0 Å². The number of amides is 1. The molecule has 2 aromatic carbocycles. The molecule has 0 radical (unpaired) electrons. The highest BCUT2D eigenvalue weighted by Crippen LogP contribution is 2.26. The average Bonchev–Trinajstić information content (AvgIpc) is 3.34. The Hall–Kier alpha value is -2.90. The molecule has 2 heterocycles. The van der Waals surface area contributed by atoms with E-state index in [1.54, 1.807) is 19.2 Å². The molecule has 1 amide bonds. The van der Waals surface area contributed by atoms with Crippen molar-refractivity contribution in [1.82, 2.24) is 20.4 Å². The number of nitrogens with zero attached hydrogens (tertiary/aromatic N) is 3. The highest BCUT2D eigenvalue weighted by molar-refractivity contribution is 6.30. The number of hydrogen-bond donors (Lipinski definition) is 1. The van der Waals surface area contributed by atoms with Crippen molar-refractivity contribution in [1.29, 1.82) is 0 Å². The number of halogens is 1. The summed E-state index contributed by atoms with van der Waals surface area (Å²) in [5.41, 5.74) is 2.04. The minimum atomic E-state index is 0.0351. The van der Waals surface area contributed by atoms with E-state index in [9.17, 15) is 4.79 Å². The SMILES string of the molecule is COc1ccc(C(CNC(=O)CCCc2nc(-c3ccc(Cl)cc3)no2)N2CCCCC2)cc1. The number of likely N-dealkylation sites (tertiary alicyclic amines) is 1. The third kappa shape index (κ3) is 6.58. The predicted molar refractivity (Wildman–Crippen MR) is 132 cm³/mol. The molecule has 8 heteroatoms. The fraction of sp³-hybridized carbons (Fsp3) is 0.423. The Bertz CT molecular complexity index is 1050. The summed E-state index contributed by atoms with van der Waals surface area (Å²) in [5, 5.41) is 7.83. The van der Waals surface area contributed by atoms with Gasteiger partial charge in [0.15, 0.2) is 0 Å². The van der Waals surface area contributed by atoms with Gasteiger partial charge in [-0.3, -0.25) is 9.69 Å². The number of aryl methyl sites for hydroxylation is 1. The number of aromatic nitrogens is 2. The van der Waals surface area contributed by atoms with Crippen LogP contribution in [0.25, 0.3) is 11.4 Å². The first-order valence-corrected chi connectivity index (χ1v) is 12.2. The topological polar surface area (TPSA) is 80.5 Å². The number of rotatable bonds is 10. The van der Waals surface area contributed by atoms with Crippen LogP contribution in [0.4, 0.5) is 0 Å². The van der Waals surface area contributed by atoms with Gasteiger partial charge in [-0.05, 0) is 74.3 Å². The fourth-order valence-corrected chi connectivity index (χ4v) is 4.41. The Morgan fingerprint density at radius 2 is 1.85 bits per heavy atom. The van der Waals surface area contributed by atoms with Crippen molar-refractivity contribution in [2.24, 2.45) is 0 Å². The van der Waals surface area contributed by atoms with Crippen LogP contribution in [-0.4, -0.2) is 47.7 Å². The summed E-state index contributed by atoms with van der Waals surface area (Å²) in [6.07, 6.45) is 5.28. The largest absolute Gasteiger partial charge is 0.497 e. The molecule has 1 aliphatic rings. The number of nitrogens with one attached hydrogen (secondary N) is 1. The molecule has 180 valence electrons. The standard InChI is InChI=1S/C26H31ClN4O3/c1-33-22-14-10-19(11-15-22)23(31-16-3-2-4-17-31)18-28-24(32)6-5-7-25-29-26(30-34-25)20-8-12-21(27)13-9-20/h8-15,23H,2-7,16-18H2,1H3,(H,28,32). The van der Waals surface area contributed by atoms with Gasteiger partial charge in [-0.2, -0.15) is 4.98 Å². The van der Waals surface area contributed by atoms with E-state index in [2.05, 4.69) is 32.5 Å². The van der Waals surface area contributed by atoms with Crippen LogP contribution < -0.4 is 10.1 Å². The molecular weight excluding hydrogens is 452 g/mol. The molecule has 34 heavy (non-hydrogen) atoms. The van der Waals surface area contributed by atoms with Gasteiger partial charge >= 0.3 is 0 Å². The lowest BCUT2D eigenvalue weighted by Gasteiger charge is -2.35. The molecule has 4 rings (SSSR count). The van der Waals surface area contributed by atoms with E-state index in [-0.39, 0.29) is 11.9 Å². The first kappa shape index (κ1) is 24.2. The van der Waals surface area contributed by atoms with Crippen LogP contribution in [0.15, 0.2) is 53.1 Å². The molecule has 1 aliphatic heterocycles. The van der Waals surface area contributed by atoms with Crippen LogP contribution in [-0.2, 0) is 11.2 Å². The zero-order valence-corrected chi connectivity index (χ0v) is 20.3. The van der Waals surface area contributed by atoms with Gasteiger partial charge in [-0.15, -0.1) is 0 Å². The highest BCUT2D eigenvalue weighted by Gasteiger charge is 2.23. The first-order chi connectivity index (χ1) is 16.6. The highest BCUT2D eigenvalue weighted by atomic mass is 35.5. The molecule has 1 fully saturated rings. The Balaban J connectivity index is 1.27. The number of hydrogen-bond acceptors (Lipinski definition) is 6. The van der Waals surface area contributed by atoms with E-state index in [1.165, 1.54) is 24.8 Å². The lowest BCUT2D eigenvalue weighted by molar-refractivity contribution is -0.121. The second-order valence-electron chi connectivity index (χ2n) is 8.56. The van der Waals surface area contributed by atoms with E-state index in [0.717, 1.165) is 24.4 Å². The summed E-state index contributed by atoms with van der Waals surface area (Å²) < 4.78 is 10.6. The molecule has 1 atom stereocenters. The van der Waals surface area contributed by atoms with E-state index >= 15 is 0 Å². The smallest absolute Gasteiger partial charge is 0.226 e. The van der Waals surface area contributed by atoms with E-state index in [4.69, 9.17) is 20.9 Å². The molecule has 0 bridgehead atoms. The molecule has 0 aliphatic carbocycles. The third-order valence-electron chi connectivity index (χ3n) is 6.19. The van der Waals surface area contributed by atoms with Gasteiger partial charge in [-0.25, -0.2) is 0 Å². The minimum Gasteiger partial charge on any atom is -0.497 e. The number of methoxy groups -OCH3 is 1. The molecule has 0 saturated carbocycles. The molecule has 0 spiro atoms. The number of ether oxygens (including phenoxy) is 1. The molecule has 1 N–H and O–H groups in total. The lowest BCUT2D eigenvalue weighted by Crippen LogP contribution is -2.40. The second-order valence-corrected chi connectivity index (χ2v) is 9.00. The maximum Gasteiger partial charge on any atom is 0.226 e. The average molecular weight is 483 g/mol. The van der Waals surface area contributed by atoms with Crippen LogP contribution in [0.5, 0.6) is 5.75 Å². The summed E-state index contributed by atoms with van der Waals surface area (Å²) in [5.74, 6) is 1.93. The minimum absolute atomic E-state index is 0.0351. The molecule has 3 aromatic rings. The number of benzene rings is 2. The van der Waals surface area contributed by atoms with Crippen LogP contribution >= 0.6 is 11.6 Å². The Kier molecular flexibility index (Phi) is 8.55. The van der Waals surface area contributed by atoms with Crippen molar-refractivity contribution >= 4 is 17.5 Å². The van der Waals surface area contributed by atoms with E-state index < -0.39 is 0 Å². The first-order valence-electron chi connectivity index (χ1n) is 11.9. The molecule has 1 unspecified atom stereocenters. The van der Waals surface area contributed by atoms with Gasteiger partial charge < -0.3 is 14.6 Å². The monoisotopic (exact) mass is 482 g/mol. The van der Waals surface area contributed by atoms with Gasteiger partial charge in [0.1, 0.15) is 5.75 Å². The summed E-state index contributed by atoms with van der Waals surface area (Å²) in [6.45, 7) is 2.70. The molecular formula is C26H31ClN4O3. The fourth-order valence-electron chi connectivity index (χ4n) is 4.29. The maximum absolute atomic E-state index is 12.6. The Morgan fingerprint density at radius 3 is 2.56 bits per heavy atom. The van der Waals surface area contributed by atoms with Crippen molar-refractivity contribution < 1.29 is 14.1 Å². The van der Waals surface area contributed by atoms with Crippen molar-refractivity contribution in [2.45, 2.75) is 44.6 Å².